The molecule has 2 aliphatic rings. The van der Waals surface area contributed by atoms with E-state index in [0.717, 1.165) is 5.56 Å². The molecule has 30 heavy (non-hydrogen) atoms. The Kier molecular flexibility index (Phi) is 5.80. The van der Waals surface area contributed by atoms with Gasteiger partial charge in [0.2, 0.25) is 15.9 Å². The quantitative estimate of drug-likeness (QED) is 0.613. The zero-order valence-corrected chi connectivity index (χ0v) is 18.9. The fourth-order valence-electron chi connectivity index (χ4n) is 4.00. The summed E-state index contributed by atoms with van der Waals surface area (Å²) in [5.41, 5.74) is 1.48. The highest BCUT2D eigenvalue weighted by atomic mass is 79.9. The van der Waals surface area contributed by atoms with Gasteiger partial charge in [0.1, 0.15) is 0 Å². The molecule has 0 radical (unpaired) electrons. The molecular formula is C21H22BrN3O4S. The first-order valence-corrected chi connectivity index (χ1v) is 11.9. The molecule has 2 heterocycles. The molecule has 0 bridgehead atoms. The van der Waals surface area contributed by atoms with Gasteiger partial charge in [-0.1, -0.05) is 40.2 Å². The number of sulfonamides is 1. The molecule has 0 aromatic heterocycles. The minimum atomic E-state index is -3.60. The van der Waals surface area contributed by atoms with Crippen molar-refractivity contribution < 1.29 is 18.0 Å². The fourth-order valence-corrected chi connectivity index (χ4v) is 6.02. The van der Waals surface area contributed by atoms with Gasteiger partial charge < -0.3 is 0 Å². The minimum Gasteiger partial charge on any atom is -0.289 e. The van der Waals surface area contributed by atoms with Crippen LogP contribution in [-0.2, 0) is 19.6 Å². The van der Waals surface area contributed by atoms with Crippen LogP contribution in [0.5, 0.6) is 0 Å². The van der Waals surface area contributed by atoms with E-state index >= 15 is 0 Å². The maximum absolute atomic E-state index is 13.0. The number of rotatable bonds is 4. The fraction of sp³-hybridized carbons (Fsp3) is 0.333. The summed E-state index contributed by atoms with van der Waals surface area (Å²) in [6.07, 6.45) is 0.117. The Bertz CT molecular complexity index is 1100. The summed E-state index contributed by atoms with van der Waals surface area (Å²) in [6, 6.07) is 13.4. The van der Waals surface area contributed by atoms with E-state index in [0.29, 0.717) is 23.2 Å². The second-order valence-corrected chi connectivity index (χ2v) is 10.3. The second kappa shape index (κ2) is 8.22. The van der Waals surface area contributed by atoms with Crippen LogP contribution in [0.4, 0.5) is 5.69 Å². The van der Waals surface area contributed by atoms with Crippen LogP contribution in [-0.4, -0.2) is 61.7 Å². The molecule has 0 spiro atoms. The lowest BCUT2D eigenvalue weighted by Gasteiger charge is -2.36. The first-order valence-electron chi connectivity index (χ1n) is 9.71. The Labute approximate surface area is 184 Å². The maximum Gasteiger partial charge on any atom is 0.251 e. The van der Waals surface area contributed by atoms with Gasteiger partial charge in [0.15, 0.2) is 0 Å². The van der Waals surface area contributed by atoms with Crippen LogP contribution < -0.4 is 4.90 Å². The number of hydrogen-bond acceptors (Lipinski definition) is 5. The average molecular weight is 492 g/mol. The Hall–Kier alpha value is -2.07. The summed E-state index contributed by atoms with van der Waals surface area (Å²) < 4.78 is 28.0. The van der Waals surface area contributed by atoms with Gasteiger partial charge in [-0.15, -0.1) is 0 Å². The third-order valence-electron chi connectivity index (χ3n) is 5.63. The largest absolute Gasteiger partial charge is 0.289 e. The lowest BCUT2D eigenvalue weighted by Crippen LogP contribution is -2.53. The highest BCUT2D eigenvalue weighted by Crippen LogP contribution is 2.29. The van der Waals surface area contributed by atoms with Gasteiger partial charge >= 0.3 is 0 Å². The Morgan fingerprint density at radius 1 is 0.967 bits per heavy atom. The molecule has 4 rings (SSSR count). The van der Waals surface area contributed by atoms with Crippen molar-refractivity contribution in [1.29, 1.82) is 0 Å². The maximum atomic E-state index is 13.0. The van der Waals surface area contributed by atoms with Gasteiger partial charge in [0.25, 0.3) is 5.91 Å². The number of carbonyl (C=O) groups is 2. The average Bonchev–Trinajstić information content (AvgIpc) is 3.02. The molecule has 2 aliphatic heterocycles. The highest BCUT2D eigenvalue weighted by Gasteiger charge is 2.44. The number of para-hydroxylation sites is 1. The first-order chi connectivity index (χ1) is 14.3. The van der Waals surface area contributed by atoms with Gasteiger partial charge in [0.05, 0.1) is 23.0 Å². The lowest BCUT2D eigenvalue weighted by molar-refractivity contribution is -0.123. The van der Waals surface area contributed by atoms with Crippen molar-refractivity contribution in [1.82, 2.24) is 9.21 Å². The van der Waals surface area contributed by atoms with E-state index in [9.17, 15) is 18.0 Å². The predicted molar refractivity (Wildman–Crippen MR) is 117 cm³/mol. The lowest BCUT2D eigenvalue weighted by atomic mass is 10.1. The number of piperazine rings is 1. The summed E-state index contributed by atoms with van der Waals surface area (Å²) >= 11 is 3.31. The molecule has 1 unspecified atom stereocenters. The number of hydrogen-bond donors (Lipinski definition) is 0. The van der Waals surface area contributed by atoms with E-state index in [1.54, 1.807) is 30.3 Å². The van der Waals surface area contributed by atoms with Crippen LogP contribution in [0.15, 0.2) is 57.9 Å². The summed E-state index contributed by atoms with van der Waals surface area (Å²) in [7, 11) is -3.60. The third-order valence-corrected chi connectivity index (χ3v) is 8.01. The van der Waals surface area contributed by atoms with Crippen molar-refractivity contribution in [2.75, 3.05) is 31.1 Å². The highest BCUT2D eigenvalue weighted by molar-refractivity contribution is 9.10. The number of carbonyl (C=O) groups excluding carboxylic acids is 2. The molecule has 2 saturated heterocycles. The van der Waals surface area contributed by atoms with E-state index in [-0.39, 0.29) is 36.2 Å². The monoisotopic (exact) mass is 491 g/mol. The Balaban J connectivity index is 1.46. The van der Waals surface area contributed by atoms with Crippen LogP contribution >= 0.6 is 15.9 Å². The van der Waals surface area contributed by atoms with E-state index in [1.807, 2.05) is 30.0 Å². The SMILES string of the molecule is Cc1ccccc1N1C(=O)CC(N2CCN(S(=O)(=O)c3cccc(Br)c3)CC2)C1=O. The van der Waals surface area contributed by atoms with Crippen LogP contribution in [0.2, 0.25) is 0 Å². The normalized spacial score (nSPS) is 21.4. The van der Waals surface area contributed by atoms with Crippen LogP contribution in [0.25, 0.3) is 0 Å². The number of imide groups is 1. The smallest absolute Gasteiger partial charge is 0.251 e. The van der Waals surface area contributed by atoms with Crippen LogP contribution in [0, 0.1) is 6.92 Å². The van der Waals surface area contributed by atoms with Gasteiger partial charge in [-0.3, -0.25) is 14.5 Å². The van der Waals surface area contributed by atoms with Crippen molar-refractivity contribution in [2.24, 2.45) is 0 Å². The molecule has 2 aromatic rings. The molecule has 1 atom stereocenters. The number of aryl methyl sites for hydroxylation is 1. The summed E-state index contributed by atoms with van der Waals surface area (Å²) in [4.78, 5) is 29.1. The van der Waals surface area contributed by atoms with Crippen molar-refractivity contribution in [3.05, 3.63) is 58.6 Å². The van der Waals surface area contributed by atoms with E-state index in [4.69, 9.17) is 0 Å². The molecule has 7 nitrogen and oxygen atoms in total. The number of amides is 2. The number of benzene rings is 2. The third kappa shape index (κ3) is 3.82. The van der Waals surface area contributed by atoms with Crippen molar-refractivity contribution >= 4 is 43.5 Å². The van der Waals surface area contributed by atoms with E-state index in [1.165, 1.54) is 9.21 Å². The van der Waals surface area contributed by atoms with Gasteiger partial charge in [-0.2, -0.15) is 4.31 Å². The zero-order valence-electron chi connectivity index (χ0n) is 16.5. The molecule has 2 fully saturated rings. The number of anilines is 1. The standard InChI is InChI=1S/C21H22BrN3O4S/c1-15-5-2-3-8-18(15)25-20(26)14-19(21(25)27)23-9-11-24(12-10-23)30(28,29)17-7-4-6-16(22)13-17/h2-8,13,19H,9-12,14H2,1H3. The zero-order chi connectivity index (χ0) is 21.5. The molecular weight excluding hydrogens is 470 g/mol. The molecule has 2 aromatic carbocycles. The van der Waals surface area contributed by atoms with Crippen molar-refractivity contribution in [2.45, 2.75) is 24.3 Å². The second-order valence-electron chi connectivity index (χ2n) is 7.47. The molecule has 0 saturated carbocycles. The van der Waals surface area contributed by atoms with Gasteiger partial charge in [0, 0.05) is 30.7 Å². The Morgan fingerprint density at radius 2 is 1.67 bits per heavy atom. The molecule has 9 heteroatoms. The molecule has 0 aliphatic carbocycles. The van der Waals surface area contributed by atoms with E-state index in [2.05, 4.69) is 15.9 Å². The van der Waals surface area contributed by atoms with Crippen LogP contribution in [0.3, 0.4) is 0 Å². The van der Waals surface area contributed by atoms with Crippen molar-refractivity contribution in [3.8, 4) is 0 Å². The molecule has 158 valence electrons. The van der Waals surface area contributed by atoms with Gasteiger partial charge in [-0.25, -0.2) is 13.3 Å². The van der Waals surface area contributed by atoms with E-state index < -0.39 is 16.1 Å². The first kappa shape index (κ1) is 21.2. The molecule has 0 N–H and O–H groups in total. The summed E-state index contributed by atoms with van der Waals surface area (Å²) in [5.74, 6) is -0.457. The summed E-state index contributed by atoms with van der Waals surface area (Å²) in [6.45, 7) is 3.22. The Morgan fingerprint density at radius 3 is 2.33 bits per heavy atom. The van der Waals surface area contributed by atoms with Gasteiger partial charge in [-0.05, 0) is 36.8 Å². The molecule has 2 amide bonds. The predicted octanol–water partition coefficient (Wildman–Crippen LogP) is 2.40. The minimum absolute atomic E-state index is 0.117. The number of nitrogens with zero attached hydrogens (tertiary/aromatic N) is 3. The topological polar surface area (TPSA) is 78.0 Å². The van der Waals surface area contributed by atoms with Crippen molar-refractivity contribution in [3.63, 3.8) is 0 Å². The van der Waals surface area contributed by atoms with Crippen LogP contribution in [0.1, 0.15) is 12.0 Å². The summed E-state index contributed by atoms with van der Waals surface area (Å²) in [5, 5.41) is 0. The number of halogens is 1.